The van der Waals surface area contributed by atoms with Gasteiger partial charge in [0, 0.05) is 39.7 Å². The maximum Gasteiger partial charge on any atom is 0.333 e. The molecule has 4 N–H and O–H groups in total. The van der Waals surface area contributed by atoms with Gasteiger partial charge in [-0.2, -0.15) is 16.8 Å². The molecule has 0 saturated carbocycles. The van der Waals surface area contributed by atoms with Crippen molar-refractivity contribution in [2.45, 2.75) is 76.7 Å². The Morgan fingerprint density at radius 2 is 1.26 bits per heavy atom. The second kappa shape index (κ2) is 16.7. The number of aromatic amines is 2. The zero-order chi connectivity index (χ0) is 45.0. The Morgan fingerprint density at radius 3 is 1.74 bits per heavy atom. The van der Waals surface area contributed by atoms with Crippen LogP contribution in [0.3, 0.4) is 0 Å². The Balaban J connectivity index is 1.31. The third kappa shape index (κ3) is 8.55. The topological polar surface area (TPSA) is 259 Å². The van der Waals surface area contributed by atoms with Crippen LogP contribution in [-0.2, 0) is 49.1 Å². The maximum absolute atomic E-state index is 13.2. The summed E-state index contributed by atoms with van der Waals surface area (Å²) in [5.74, 6) is -4.12. The van der Waals surface area contributed by atoms with Crippen molar-refractivity contribution in [3.63, 3.8) is 0 Å². The van der Waals surface area contributed by atoms with Gasteiger partial charge < -0.3 is 19.6 Å². The number of rotatable bonds is 12. The molecule has 326 valence electrons. The van der Waals surface area contributed by atoms with E-state index in [1.807, 2.05) is 45.9 Å². The van der Waals surface area contributed by atoms with E-state index in [1.54, 1.807) is 18.2 Å². The molecule has 7 heterocycles. The minimum absolute atomic E-state index is 0.0103. The highest BCUT2D eigenvalue weighted by molar-refractivity contribution is 7.87. The minimum Gasteiger partial charge on any atom is -0.368 e. The molecule has 2 amide bonds. The molecule has 0 spiro atoms. The van der Waals surface area contributed by atoms with E-state index in [-0.39, 0.29) is 50.3 Å². The molecular formula is C42H44N6O12S2. The largest absolute Gasteiger partial charge is 0.368 e. The first-order valence-corrected chi connectivity index (χ1v) is 22.6. The second-order valence-corrected chi connectivity index (χ2v) is 18.7. The van der Waals surface area contributed by atoms with Crippen LogP contribution in [0, 0.1) is 13.8 Å². The van der Waals surface area contributed by atoms with Crippen LogP contribution >= 0.6 is 0 Å². The summed E-state index contributed by atoms with van der Waals surface area (Å²) in [5.41, 5.74) is 11.3. The van der Waals surface area contributed by atoms with Gasteiger partial charge in [0.25, 0.3) is 32.1 Å². The van der Waals surface area contributed by atoms with E-state index in [0.717, 1.165) is 49.9 Å². The first-order chi connectivity index (χ1) is 29.2. The number of nitrogens with zero attached hydrogens (tertiary/aromatic N) is 4. The first-order valence-electron chi connectivity index (χ1n) is 19.6. The van der Waals surface area contributed by atoms with Gasteiger partial charge in [-0.05, 0) is 105 Å². The van der Waals surface area contributed by atoms with Crippen LogP contribution in [0.1, 0.15) is 97.4 Å². The van der Waals surface area contributed by atoms with Crippen molar-refractivity contribution >= 4 is 101 Å². The third-order valence-corrected chi connectivity index (χ3v) is 13.9. The molecule has 2 saturated heterocycles. The Bertz CT molecular complexity index is 2960. The number of carbonyl (C=O) groups is 4. The van der Waals surface area contributed by atoms with Crippen molar-refractivity contribution in [2.75, 3.05) is 13.1 Å². The normalized spacial score (nSPS) is 18.5. The molecule has 0 aromatic carbocycles. The number of allylic oxidation sites excluding steroid dienone is 4. The quantitative estimate of drug-likeness (QED) is 0.129. The van der Waals surface area contributed by atoms with Crippen molar-refractivity contribution < 1.29 is 54.8 Å². The number of amides is 2. The highest BCUT2D eigenvalue weighted by Gasteiger charge is 2.48. The molecule has 20 heteroatoms. The van der Waals surface area contributed by atoms with Crippen LogP contribution in [0.25, 0.3) is 56.5 Å². The molecule has 62 heavy (non-hydrogen) atoms. The number of aromatic nitrogens is 4. The maximum atomic E-state index is 13.2. The fourth-order valence-corrected chi connectivity index (χ4v) is 9.49. The predicted octanol–water partition coefficient (Wildman–Crippen LogP) is 5.53. The van der Waals surface area contributed by atoms with Gasteiger partial charge in [0.05, 0.1) is 48.6 Å². The summed E-state index contributed by atoms with van der Waals surface area (Å²) >= 11 is 0. The average molecular weight is 889 g/mol. The number of imide groups is 1. The Labute approximate surface area is 356 Å². The SMILES string of the molecule is C=Cc1c(C)c2cc3[nH]c(cc4nc(cc5nc(cc1[nH]2)C(C)=C5CCC(=O)ON1CCC(S(=O)(=O)O)C1)C(CCC(=O)ON1C(=O)CC(S(=O)(=O)O)C1=O)=C4C)c(C)c3C=C. The second-order valence-electron chi connectivity index (χ2n) is 15.4. The number of H-pyrrole nitrogens is 2. The number of carbonyl (C=O) groups excluding carboxylic acids is 4. The van der Waals surface area contributed by atoms with Crippen molar-refractivity contribution in [1.82, 2.24) is 30.1 Å². The number of aryl methyl sites for hydroxylation is 2. The van der Waals surface area contributed by atoms with E-state index in [4.69, 9.17) is 19.6 Å². The number of nitrogens with one attached hydrogen (secondary N) is 2. The predicted molar refractivity (Wildman–Crippen MR) is 230 cm³/mol. The summed E-state index contributed by atoms with van der Waals surface area (Å²) in [6.45, 7) is 15.7. The summed E-state index contributed by atoms with van der Waals surface area (Å²) in [6.07, 6.45) is 2.39. The Hall–Kier alpha value is -6.06. The zero-order valence-corrected chi connectivity index (χ0v) is 35.9. The number of fused-ring (bicyclic) bond motifs is 8. The summed E-state index contributed by atoms with van der Waals surface area (Å²) in [5, 5.41) is -1.86. The van der Waals surface area contributed by atoms with Gasteiger partial charge in [0.15, 0.2) is 5.25 Å². The van der Waals surface area contributed by atoms with Gasteiger partial charge in [0.2, 0.25) is 0 Å². The molecule has 0 aliphatic carbocycles. The highest BCUT2D eigenvalue weighted by Crippen LogP contribution is 2.38. The number of hydrogen-bond donors (Lipinski definition) is 4. The molecular weight excluding hydrogens is 845 g/mol. The van der Waals surface area contributed by atoms with Crippen LogP contribution in [0.2, 0.25) is 0 Å². The molecule has 18 nitrogen and oxygen atoms in total. The summed E-state index contributed by atoms with van der Waals surface area (Å²) < 4.78 is 65.4. The van der Waals surface area contributed by atoms with Gasteiger partial charge >= 0.3 is 11.9 Å². The molecule has 4 aliphatic rings. The fraction of sp³-hybridized carbons (Fsp3) is 0.333. The summed E-state index contributed by atoms with van der Waals surface area (Å²) in [6, 6.07) is 7.46. The standard InChI is InChI=1S/C42H44N6O12S2/c1-7-26-21(3)30-15-31-23(5)29(10-12-41(51)60-48-39(49)19-38(42(48)52)62(56,57)58)36(45-31)18-37-28(9-11-40(50)59-47-14-13-25(20-47)61(53,54)55)24(6)33(46-37)17-35-27(8-2)22(4)32(44-35)16-34(26)43-30/h7-8,15-18,25,38,43-44H,1-2,9-14,19-20H2,3-6H3,(H,53,54,55)(H,56,57,58). The number of hydrogen-bond acceptors (Lipinski definition) is 13. The third-order valence-electron chi connectivity index (χ3n) is 11.6. The number of hydroxylamine groups is 4. The Kier molecular flexibility index (Phi) is 11.8. The van der Waals surface area contributed by atoms with Crippen LogP contribution in [0.15, 0.2) is 37.4 Å². The molecule has 3 aromatic heterocycles. The molecule has 0 radical (unpaired) electrons. The van der Waals surface area contributed by atoms with E-state index in [1.165, 1.54) is 5.06 Å². The Morgan fingerprint density at radius 1 is 0.758 bits per heavy atom. The van der Waals surface area contributed by atoms with Gasteiger partial charge in [0.1, 0.15) is 5.25 Å². The van der Waals surface area contributed by atoms with Crippen LogP contribution in [0.4, 0.5) is 0 Å². The molecule has 7 rings (SSSR count). The lowest BCUT2D eigenvalue weighted by molar-refractivity contribution is -0.197. The lowest BCUT2D eigenvalue weighted by Crippen LogP contribution is -2.36. The van der Waals surface area contributed by atoms with Gasteiger partial charge in [-0.3, -0.25) is 23.5 Å². The lowest BCUT2D eigenvalue weighted by Gasteiger charge is -2.15. The van der Waals surface area contributed by atoms with Gasteiger partial charge in [-0.25, -0.2) is 14.8 Å². The molecule has 8 bridgehead atoms. The molecule has 2 fully saturated rings. The van der Waals surface area contributed by atoms with Crippen molar-refractivity contribution in [2.24, 2.45) is 0 Å². The lowest BCUT2D eigenvalue weighted by atomic mass is 9.98. The van der Waals surface area contributed by atoms with Crippen LogP contribution in [-0.4, -0.2) is 103 Å². The van der Waals surface area contributed by atoms with Crippen molar-refractivity contribution in [3.05, 3.63) is 82.5 Å². The minimum atomic E-state index is -4.92. The molecule has 2 unspecified atom stereocenters. The van der Waals surface area contributed by atoms with Crippen LogP contribution < -0.4 is 0 Å². The van der Waals surface area contributed by atoms with E-state index in [2.05, 4.69) is 23.1 Å². The van der Waals surface area contributed by atoms with E-state index in [9.17, 15) is 45.1 Å². The molecule has 2 atom stereocenters. The smallest absolute Gasteiger partial charge is 0.333 e. The summed E-state index contributed by atoms with van der Waals surface area (Å²) in [7, 11) is -9.22. The van der Waals surface area contributed by atoms with Gasteiger partial charge in [-0.15, -0.1) is 10.1 Å². The fourth-order valence-electron chi connectivity index (χ4n) is 8.03. The summed E-state index contributed by atoms with van der Waals surface area (Å²) in [4.78, 5) is 78.8. The first kappa shape index (κ1) is 44.0. The van der Waals surface area contributed by atoms with E-state index < -0.39 is 60.9 Å². The van der Waals surface area contributed by atoms with Crippen molar-refractivity contribution in [1.29, 1.82) is 0 Å². The van der Waals surface area contributed by atoms with E-state index >= 15 is 0 Å². The zero-order valence-electron chi connectivity index (χ0n) is 34.3. The van der Waals surface area contributed by atoms with E-state index in [0.29, 0.717) is 39.5 Å². The average Bonchev–Trinajstić information content (AvgIpc) is 4.02. The van der Waals surface area contributed by atoms with Crippen LogP contribution in [0.5, 0.6) is 0 Å². The van der Waals surface area contributed by atoms with Crippen molar-refractivity contribution in [3.8, 4) is 0 Å². The monoisotopic (exact) mass is 888 g/mol. The highest BCUT2D eigenvalue weighted by atomic mass is 32.2. The molecule has 4 aliphatic heterocycles. The van der Waals surface area contributed by atoms with Gasteiger partial charge in [-0.1, -0.05) is 25.3 Å². The molecule has 3 aromatic rings.